The van der Waals surface area contributed by atoms with E-state index in [-0.39, 0.29) is 23.3 Å². The van der Waals surface area contributed by atoms with Gasteiger partial charge in [0.25, 0.3) is 5.91 Å². The molecule has 53 heavy (non-hydrogen) atoms. The number of hydrogen-bond acceptors (Lipinski definition) is 8. The molecule has 11 heteroatoms. The molecule has 276 valence electrons. The molecule has 3 aliphatic heterocycles. The van der Waals surface area contributed by atoms with Crippen molar-refractivity contribution in [2.24, 2.45) is 5.41 Å². The maximum absolute atomic E-state index is 13.9. The fourth-order valence-electron chi connectivity index (χ4n) is 8.86. The Balaban J connectivity index is 1.01. The fraction of sp³-hybridized carbons (Fsp3) is 0.429. The summed E-state index contributed by atoms with van der Waals surface area (Å²) in [6.07, 6.45) is 7.23. The van der Waals surface area contributed by atoms with Gasteiger partial charge in [0.15, 0.2) is 0 Å². The Morgan fingerprint density at radius 1 is 1.04 bits per heavy atom. The second-order valence-electron chi connectivity index (χ2n) is 15.8. The summed E-state index contributed by atoms with van der Waals surface area (Å²) >= 11 is 0. The molecule has 11 nitrogen and oxygen atoms in total. The number of carbonyl (C=O) groups excluding carboxylic acids is 2. The third kappa shape index (κ3) is 6.84. The number of nitrogens with one attached hydrogen (secondary N) is 2. The van der Waals surface area contributed by atoms with Gasteiger partial charge in [-0.05, 0) is 99.0 Å². The smallest absolute Gasteiger partial charge is 0.276 e. The van der Waals surface area contributed by atoms with Crippen molar-refractivity contribution < 1.29 is 14.3 Å². The van der Waals surface area contributed by atoms with Crippen LogP contribution in [0.2, 0.25) is 0 Å². The SMILES string of the molecule is C=CC(=O)Nc1cc(Nc2cccc(-c3ccnc(N4CCn5c(cc6c5CC(C)(C)C6)C4=O)c3C)n2)ccc1N1CCN(C2CCOCC2)C[C@@H]1C. The van der Waals surface area contributed by atoms with E-state index in [1.807, 2.05) is 48.2 Å². The number of fused-ring (bicyclic) bond motifs is 3. The van der Waals surface area contributed by atoms with Crippen LogP contribution in [0.1, 0.15) is 60.9 Å². The fourth-order valence-corrected chi connectivity index (χ4v) is 8.86. The molecule has 2 N–H and O–H groups in total. The monoisotopic (exact) mass is 714 g/mol. The van der Waals surface area contributed by atoms with E-state index in [0.717, 1.165) is 105 Å². The van der Waals surface area contributed by atoms with Crippen LogP contribution in [-0.4, -0.2) is 82.7 Å². The number of aromatic nitrogens is 3. The normalized spacial score (nSPS) is 20.2. The lowest BCUT2D eigenvalue weighted by Crippen LogP contribution is -2.56. The molecule has 3 aromatic heterocycles. The Bertz CT molecular complexity index is 2060. The van der Waals surface area contributed by atoms with Crippen LogP contribution in [0.4, 0.5) is 28.7 Å². The van der Waals surface area contributed by atoms with E-state index in [1.165, 1.54) is 17.3 Å². The molecular formula is C42H50N8O3. The van der Waals surface area contributed by atoms with Crippen LogP contribution >= 0.6 is 0 Å². The number of nitrogens with zero attached hydrogens (tertiary/aromatic N) is 6. The van der Waals surface area contributed by atoms with Gasteiger partial charge in [0, 0.05) is 86.7 Å². The molecule has 0 unspecified atom stereocenters. The topological polar surface area (TPSA) is 108 Å². The van der Waals surface area contributed by atoms with E-state index in [4.69, 9.17) is 14.7 Å². The van der Waals surface area contributed by atoms with Crippen molar-refractivity contribution >= 4 is 40.5 Å². The summed E-state index contributed by atoms with van der Waals surface area (Å²) in [6, 6.07) is 16.9. The zero-order valence-corrected chi connectivity index (χ0v) is 31.3. The number of piperazine rings is 1. The molecule has 4 aromatic rings. The molecule has 0 spiro atoms. The quantitative estimate of drug-likeness (QED) is 0.197. The summed E-state index contributed by atoms with van der Waals surface area (Å²) in [4.78, 5) is 43.0. The summed E-state index contributed by atoms with van der Waals surface area (Å²) in [7, 11) is 0. The Labute approximate surface area is 312 Å². The van der Waals surface area contributed by atoms with E-state index in [0.29, 0.717) is 24.2 Å². The third-order valence-corrected chi connectivity index (χ3v) is 11.5. The second kappa shape index (κ2) is 14.1. The first-order valence-corrected chi connectivity index (χ1v) is 19.0. The molecule has 0 saturated carbocycles. The van der Waals surface area contributed by atoms with E-state index in [1.54, 1.807) is 6.20 Å². The molecule has 0 bridgehead atoms. The minimum absolute atomic E-state index is 0.00187. The molecule has 0 radical (unpaired) electrons. The first-order chi connectivity index (χ1) is 25.6. The molecule has 1 aromatic carbocycles. The number of benzene rings is 1. The molecule has 8 rings (SSSR count). The van der Waals surface area contributed by atoms with Crippen LogP contribution in [0.15, 0.2) is 67.4 Å². The van der Waals surface area contributed by atoms with Gasteiger partial charge in [0.05, 0.1) is 17.1 Å². The van der Waals surface area contributed by atoms with Gasteiger partial charge in [-0.1, -0.05) is 26.5 Å². The van der Waals surface area contributed by atoms with Crippen LogP contribution < -0.4 is 20.4 Å². The van der Waals surface area contributed by atoms with Gasteiger partial charge in [-0.15, -0.1) is 0 Å². The summed E-state index contributed by atoms with van der Waals surface area (Å²) < 4.78 is 7.83. The molecule has 1 aliphatic carbocycles. The highest BCUT2D eigenvalue weighted by Crippen LogP contribution is 2.40. The third-order valence-electron chi connectivity index (χ3n) is 11.5. The van der Waals surface area contributed by atoms with Crippen molar-refractivity contribution in [3.63, 3.8) is 0 Å². The predicted octanol–water partition coefficient (Wildman–Crippen LogP) is 6.60. The van der Waals surface area contributed by atoms with Crippen molar-refractivity contribution in [3.8, 4) is 11.3 Å². The number of anilines is 5. The van der Waals surface area contributed by atoms with Gasteiger partial charge in [-0.25, -0.2) is 9.97 Å². The van der Waals surface area contributed by atoms with Crippen LogP contribution in [0.3, 0.4) is 0 Å². The number of carbonyl (C=O) groups is 2. The van der Waals surface area contributed by atoms with Crippen molar-refractivity contribution in [2.45, 2.75) is 72.0 Å². The Kier molecular flexibility index (Phi) is 9.32. The van der Waals surface area contributed by atoms with Crippen molar-refractivity contribution in [1.29, 1.82) is 0 Å². The van der Waals surface area contributed by atoms with E-state index in [2.05, 4.69) is 64.5 Å². The maximum Gasteiger partial charge on any atom is 0.276 e. The lowest BCUT2D eigenvalue weighted by molar-refractivity contribution is -0.111. The number of amides is 2. The van der Waals surface area contributed by atoms with Gasteiger partial charge in [-0.3, -0.25) is 19.4 Å². The zero-order valence-electron chi connectivity index (χ0n) is 31.3. The lowest BCUT2D eigenvalue weighted by Gasteiger charge is -2.45. The van der Waals surface area contributed by atoms with E-state index in [9.17, 15) is 9.59 Å². The number of rotatable bonds is 8. The highest BCUT2D eigenvalue weighted by Gasteiger charge is 2.37. The summed E-state index contributed by atoms with van der Waals surface area (Å²) in [5.41, 5.74) is 8.72. The average molecular weight is 715 g/mol. The number of pyridine rings is 2. The van der Waals surface area contributed by atoms with Crippen molar-refractivity contribution in [2.75, 3.05) is 59.8 Å². The standard InChI is InChI=1S/C42H50N8O3/c1-6-39(51)46-34-23-30(10-11-35(34)48-17-16-47(26-27(48)2)31-13-20-53-21-14-31)44-38-9-7-8-33(45-38)32-12-15-43-40(28(32)3)50-19-18-49-36(41(50)52)22-29-24-42(4,5)25-37(29)49/h6-12,15,22-23,27,31H,1,13-14,16-21,24-26H2,2-5H3,(H,44,45)(H,46,51)/t27-/m0/s1. The highest BCUT2D eigenvalue weighted by atomic mass is 16.5. The van der Waals surface area contributed by atoms with Crippen LogP contribution in [-0.2, 0) is 28.9 Å². The Morgan fingerprint density at radius 3 is 2.66 bits per heavy atom. The molecule has 4 aliphatic rings. The summed E-state index contributed by atoms with van der Waals surface area (Å²) in [6.45, 7) is 18.3. The van der Waals surface area contributed by atoms with Crippen molar-refractivity contribution in [1.82, 2.24) is 19.4 Å². The van der Waals surface area contributed by atoms with Crippen LogP contribution in [0.25, 0.3) is 11.3 Å². The first-order valence-electron chi connectivity index (χ1n) is 19.0. The molecular weight excluding hydrogens is 665 g/mol. The Morgan fingerprint density at radius 2 is 1.87 bits per heavy atom. The van der Waals surface area contributed by atoms with Gasteiger partial charge in [-0.2, -0.15) is 0 Å². The van der Waals surface area contributed by atoms with Gasteiger partial charge >= 0.3 is 0 Å². The summed E-state index contributed by atoms with van der Waals surface area (Å²) in [5.74, 6) is 1.07. The molecule has 6 heterocycles. The van der Waals surface area contributed by atoms with E-state index < -0.39 is 0 Å². The average Bonchev–Trinajstić information content (AvgIpc) is 3.65. The molecule has 1 atom stereocenters. The number of hydrogen-bond donors (Lipinski definition) is 2. The highest BCUT2D eigenvalue weighted by molar-refractivity contribution is 6.06. The van der Waals surface area contributed by atoms with Gasteiger partial charge in [0.2, 0.25) is 5.91 Å². The Hall–Kier alpha value is -5.00. The van der Waals surface area contributed by atoms with Crippen molar-refractivity contribution in [3.05, 3.63) is 89.9 Å². The molecule has 2 saturated heterocycles. The zero-order chi connectivity index (χ0) is 36.9. The second-order valence-corrected chi connectivity index (χ2v) is 15.8. The lowest BCUT2D eigenvalue weighted by atomic mass is 9.90. The molecule has 2 amide bonds. The minimum atomic E-state index is -0.255. The molecule has 2 fully saturated rings. The van der Waals surface area contributed by atoms with Crippen LogP contribution in [0.5, 0.6) is 0 Å². The number of ether oxygens (including phenoxy) is 1. The largest absolute Gasteiger partial charge is 0.381 e. The van der Waals surface area contributed by atoms with Gasteiger partial charge in [0.1, 0.15) is 17.3 Å². The minimum Gasteiger partial charge on any atom is -0.381 e. The maximum atomic E-state index is 13.9. The summed E-state index contributed by atoms with van der Waals surface area (Å²) in [5, 5.41) is 6.52. The van der Waals surface area contributed by atoms with Crippen LogP contribution in [0, 0.1) is 12.3 Å². The van der Waals surface area contributed by atoms with Gasteiger partial charge < -0.3 is 24.8 Å². The first kappa shape index (κ1) is 35.1. The van der Waals surface area contributed by atoms with E-state index >= 15 is 0 Å². The predicted molar refractivity (Wildman–Crippen MR) is 210 cm³/mol.